The molecule has 0 aliphatic heterocycles. The van der Waals surface area contributed by atoms with Gasteiger partial charge in [0.05, 0.1) is 14.2 Å². The topological polar surface area (TPSA) is 42.8 Å². The number of amides is 1. The molecule has 1 amide bonds. The fraction of sp³-hybridized carbons (Fsp3) is 0.278. The van der Waals surface area contributed by atoms with E-state index >= 15 is 0 Å². The van der Waals surface area contributed by atoms with Gasteiger partial charge in [-0.3, -0.25) is 4.79 Å². The van der Waals surface area contributed by atoms with Crippen LogP contribution in [0.3, 0.4) is 0 Å². The lowest BCUT2D eigenvalue weighted by Gasteiger charge is -2.16. The van der Waals surface area contributed by atoms with E-state index in [4.69, 9.17) is 4.74 Å². The zero-order valence-electron chi connectivity index (χ0n) is 13.7. The fourth-order valence-corrected chi connectivity index (χ4v) is 2.86. The van der Waals surface area contributed by atoms with Crippen molar-refractivity contribution in [1.29, 1.82) is 0 Å². The first-order valence-corrected chi connectivity index (χ1v) is 8.28. The lowest BCUT2D eigenvalue weighted by atomic mass is 10.2. The summed E-state index contributed by atoms with van der Waals surface area (Å²) >= 11 is 3.47. The van der Waals surface area contributed by atoms with Gasteiger partial charge in [-0.2, -0.15) is 0 Å². The van der Waals surface area contributed by atoms with Crippen LogP contribution >= 0.6 is 15.9 Å². The minimum Gasteiger partial charge on any atom is -0.496 e. The third-order valence-corrected chi connectivity index (χ3v) is 4.11. The van der Waals surface area contributed by atoms with Gasteiger partial charge in [-0.05, 0) is 36.8 Å². The highest BCUT2D eigenvalue weighted by Gasteiger charge is 2.14. The van der Waals surface area contributed by atoms with Gasteiger partial charge < -0.3 is 15.0 Å². The molecule has 2 aromatic carbocycles. The maximum Gasteiger partial charge on any atom is 0.279 e. The first-order chi connectivity index (χ1) is 11.0. The molecule has 5 heteroatoms. The van der Waals surface area contributed by atoms with Crippen LogP contribution < -0.4 is 15.0 Å². The Morgan fingerprint density at radius 3 is 2.70 bits per heavy atom. The van der Waals surface area contributed by atoms with E-state index in [0.29, 0.717) is 13.1 Å². The van der Waals surface area contributed by atoms with Gasteiger partial charge >= 0.3 is 0 Å². The zero-order valence-corrected chi connectivity index (χ0v) is 15.2. The molecule has 4 nitrogen and oxygen atoms in total. The van der Waals surface area contributed by atoms with Crippen molar-refractivity contribution in [3.8, 4) is 5.75 Å². The number of anilines is 1. The normalized spacial score (nSPS) is 11.8. The van der Waals surface area contributed by atoms with Crippen molar-refractivity contribution >= 4 is 27.5 Å². The van der Waals surface area contributed by atoms with E-state index in [0.717, 1.165) is 31.9 Å². The van der Waals surface area contributed by atoms with Crippen molar-refractivity contribution in [3.63, 3.8) is 0 Å². The van der Waals surface area contributed by atoms with Gasteiger partial charge in [0.1, 0.15) is 12.3 Å². The molecule has 0 saturated heterocycles. The summed E-state index contributed by atoms with van der Waals surface area (Å²) in [6, 6.07) is 13.7. The number of aryl methyl sites for hydroxylation is 1. The Morgan fingerprint density at radius 2 is 2.00 bits per heavy atom. The second kappa shape index (κ2) is 8.13. The van der Waals surface area contributed by atoms with Gasteiger partial charge in [0.2, 0.25) is 0 Å². The van der Waals surface area contributed by atoms with Crippen LogP contribution in [-0.4, -0.2) is 26.6 Å². The smallest absolute Gasteiger partial charge is 0.279 e. The van der Waals surface area contributed by atoms with Crippen molar-refractivity contribution in [3.05, 3.63) is 58.1 Å². The summed E-state index contributed by atoms with van der Waals surface area (Å²) in [5, 5.41) is 2.97. The maximum absolute atomic E-state index is 12.2. The van der Waals surface area contributed by atoms with E-state index in [1.807, 2.05) is 56.4 Å². The molecule has 0 aliphatic carbocycles. The minimum atomic E-state index is 0.00534. The Hall–Kier alpha value is -1.85. The first-order valence-electron chi connectivity index (χ1n) is 7.49. The fourth-order valence-electron chi connectivity index (χ4n) is 2.45. The lowest BCUT2D eigenvalue weighted by Crippen LogP contribution is -3.08. The van der Waals surface area contributed by atoms with Crippen LogP contribution in [-0.2, 0) is 11.3 Å². The average molecular weight is 378 g/mol. The molecule has 122 valence electrons. The standard InChI is InChI=1S/C18H21BrN2O2/c1-13-6-4-5-7-16(13)20-18(22)12-21(2)11-14-10-15(19)8-9-17(14)23-3/h4-10H,11-12H2,1-3H3,(H,20,22)/p+1. The van der Waals surface area contributed by atoms with Gasteiger partial charge in [-0.1, -0.05) is 34.1 Å². The van der Waals surface area contributed by atoms with E-state index in [1.54, 1.807) is 7.11 Å². The number of benzene rings is 2. The van der Waals surface area contributed by atoms with Crippen molar-refractivity contribution in [2.45, 2.75) is 13.5 Å². The molecule has 0 heterocycles. The van der Waals surface area contributed by atoms with Crippen LogP contribution in [0.5, 0.6) is 5.75 Å². The maximum atomic E-state index is 12.2. The van der Waals surface area contributed by atoms with Gasteiger partial charge in [-0.15, -0.1) is 0 Å². The van der Waals surface area contributed by atoms with E-state index < -0.39 is 0 Å². The molecule has 2 rings (SSSR count). The quantitative estimate of drug-likeness (QED) is 0.811. The van der Waals surface area contributed by atoms with Crippen LogP contribution in [0, 0.1) is 6.92 Å². The van der Waals surface area contributed by atoms with Gasteiger partial charge in [0, 0.05) is 15.7 Å². The number of halogens is 1. The molecule has 0 saturated carbocycles. The predicted molar refractivity (Wildman–Crippen MR) is 96.0 cm³/mol. The summed E-state index contributed by atoms with van der Waals surface area (Å²) in [4.78, 5) is 13.3. The number of carbonyl (C=O) groups excluding carboxylic acids is 1. The number of carbonyl (C=O) groups is 1. The van der Waals surface area contributed by atoms with Gasteiger partial charge in [-0.25, -0.2) is 0 Å². The summed E-state index contributed by atoms with van der Waals surface area (Å²) in [6.45, 7) is 3.09. The molecule has 2 aromatic rings. The number of hydrogen-bond donors (Lipinski definition) is 2. The monoisotopic (exact) mass is 377 g/mol. The van der Waals surface area contributed by atoms with Crippen molar-refractivity contribution < 1.29 is 14.4 Å². The summed E-state index contributed by atoms with van der Waals surface area (Å²) in [6.07, 6.45) is 0. The lowest BCUT2D eigenvalue weighted by molar-refractivity contribution is -0.885. The number of rotatable bonds is 6. The molecule has 23 heavy (non-hydrogen) atoms. The largest absolute Gasteiger partial charge is 0.496 e. The number of likely N-dealkylation sites (N-methyl/N-ethyl adjacent to an activating group) is 1. The second-order valence-electron chi connectivity index (χ2n) is 5.63. The summed E-state index contributed by atoms with van der Waals surface area (Å²) < 4.78 is 6.39. The van der Waals surface area contributed by atoms with Crippen LogP contribution in [0.15, 0.2) is 46.9 Å². The Labute approximate surface area is 145 Å². The van der Waals surface area contributed by atoms with E-state index in [2.05, 4.69) is 21.2 Å². The van der Waals surface area contributed by atoms with Crippen LogP contribution in [0.25, 0.3) is 0 Å². The number of quaternary nitrogens is 1. The van der Waals surface area contributed by atoms with E-state index in [1.165, 1.54) is 0 Å². The van der Waals surface area contributed by atoms with Crippen LogP contribution in [0.1, 0.15) is 11.1 Å². The van der Waals surface area contributed by atoms with E-state index in [-0.39, 0.29) is 5.91 Å². The molecular formula is C18H22BrN2O2+. The van der Waals surface area contributed by atoms with Crippen molar-refractivity contribution in [2.24, 2.45) is 0 Å². The number of methoxy groups -OCH3 is 1. The average Bonchev–Trinajstić information content (AvgIpc) is 2.49. The first kappa shape index (κ1) is 17.5. The molecule has 1 unspecified atom stereocenters. The molecule has 0 fully saturated rings. The van der Waals surface area contributed by atoms with Crippen LogP contribution in [0.2, 0.25) is 0 Å². The zero-order chi connectivity index (χ0) is 16.8. The Morgan fingerprint density at radius 1 is 1.26 bits per heavy atom. The molecule has 0 radical (unpaired) electrons. The third kappa shape index (κ3) is 5.08. The molecule has 0 bridgehead atoms. The summed E-state index contributed by atoms with van der Waals surface area (Å²) in [7, 11) is 3.66. The number of ether oxygens (including phenoxy) is 1. The SMILES string of the molecule is COc1ccc(Br)cc1C[NH+](C)CC(=O)Nc1ccccc1C. The third-order valence-electron chi connectivity index (χ3n) is 3.62. The van der Waals surface area contributed by atoms with Crippen molar-refractivity contribution in [1.82, 2.24) is 0 Å². The minimum absolute atomic E-state index is 0.00534. The van der Waals surface area contributed by atoms with Gasteiger partial charge in [0.25, 0.3) is 5.91 Å². The molecule has 0 aliphatic rings. The molecule has 2 N–H and O–H groups in total. The number of nitrogens with one attached hydrogen (secondary N) is 2. The highest BCUT2D eigenvalue weighted by atomic mass is 79.9. The second-order valence-corrected chi connectivity index (χ2v) is 6.55. The highest BCUT2D eigenvalue weighted by Crippen LogP contribution is 2.22. The Balaban J connectivity index is 1.97. The van der Waals surface area contributed by atoms with Crippen LogP contribution in [0.4, 0.5) is 5.69 Å². The predicted octanol–water partition coefficient (Wildman–Crippen LogP) is 2.42. The number of hydrogen-bond acceptors (Lipinski definition) is 2. The number of para-hydroxylation sites is 1. The van der Waals surface area contributed by atoms with E-state index in [9.17, 15) is 4.79 Å². The Kier molecular flexibility index (Phi) is 6.19. The summed E-state index contributed by atoms with van der Waals surface area (Å²) in [5.41, 5.74) is 3.00. The molecule has 1 atom stereocenters. The molecular weight excluding hydrogens is 356 g/mol. The Bertz CT molecular complexity index is 688. The van der Waals surface area contributed by atoms with Crippen molar-refractivity contribution in [2.75, 3.05) is 26.0 Å². The molecule has 0 spiro atoms. The summed E-state index contributed by atoms with van der Waals surface area (Å²) in [5.74, 6) is 0.845. The molecule has 0 aromatic heterocycles. The van der Waals surface area contributed by atoms with Gasteiger partial charge in [0.15, 0.2) is 6.54 Å². The highest BCUT2D eigenvalue weighted by molar-refractivity contribution is 9.10.